The summed E-state index contributed by atoms with van der Waals surface area (Å²) in [6, 6.07) is 15.2. The SMILES string of the molecule is COC(=O)c1cccc(N2C(=O)C(=O)/C(=C(/O)c3cc(Cl)c(OC)c(Cl)c3)C2c2ccc(N(C)C)cc2)c1. The molecule has 1 aliphatic heterocycles. The summed E-state index contributed by atoms with van der Waals surface area (Å²) in [6.45, 7) is 0. The van der Waals surface area contributed by atoms with E-state index in [4.69, 9.17) is 32.7 Å². The summed E-state index contributed by atoms with van der Waals surface area (Å²) in [5, 5.41) is 11.6. The Morgan fingerprint density at radius 1 is 0.947 bits per heavy atom. The Balaban J connectivity index is 1.95. The molecule has 3 aromatic carbocycles. The Labute approximate surface area is 229 Å². The fourth-order valence-electron chi connectivity index (χ4n) is 4.32. The van der Waals surface area contributed by atoms with Gasteiger partial charge in [-0.2, -0.15) is 0 Å². The van der Waals surface area contributed by atoms with E-state index in [1.807, 2.05) is 31.1 Å². The molecule has 1 heterocycles. The summed E-state index contributed by atoms with van der Waals surface area (Å²) in [6.07, 6.45) is 0. The Hall–Kier alpha value is -4.01. The number of halogens is 2. The number of esters is 1. The van der Waals surface area contributed by atoms with E-state index in [1.165, 1.54) is 43.4 Å². The van der Waals surface area contributed by atoms with Crippen LogP contribution in [0.4, 0.5) is 11.4 Å². The van der Waals surface area contributed by atoms with Crippen molar-refractivity contribution in [2.24, 2.45) is 0 Å². The number of anilines is 2. The van der Waals surface area contributed by atoms with Crippen molar-refractivity contribution in [2.45, 2.75) is 6.04 Å². The number of ketones is 1. The van der Waals surface area contributed by atoms with E-state index >= 15 is 0 Å². The van der Waals surface area contributed by atoms with Gasteiger partial charge in [0.15, 0.2) is 5.75 Å². The first-order chi connectivity index (χ1) is 18.1. The molecule has 10 heteroatoms. The van der Waals surface area contributed by atoms with Crippen LogP contribution < -0.4 is 14.5 Å². The largest absolute Gasteiger partial charge is 0.507 e. The van der Waals surface area contributed by atoms with Gasteiger partial charge in [0.1, 0.15) is 5.76 Å². The first-order valence-corrected chi connectivity index (χ1v) is 12.1. The molecule has 1 saturated heterocycles. The van der Waals surface area contributed by atoms with E-state index in [0.29, 0.717) is 5.56 Å². The standard InChI is InChI=1S/C28H24Cl2N2O6/c1-31(2)18-10-8-15(9-11-18)23-22(24(33)17-13-20(29)26(37-3)21(30)14-17)25(34)27(35)32(23)19-7-5-6-16(12-19)28(36)38-4/h5-14,23,33H,1-4H3/b24-22+. The zero-order valence-electron chi connectivity index (χ0n) is 21.0. The zero-order chi connectivity index (χ0) is 27.7. The number of nitrogens with zero attached hydrogens (tertiary/aromatic N) is 2. The van der Waals surface area contributed by atoms with E-state index in [0.717, 1.165) is 5.69 Å². The van der Waals surface area contributed by atoms with Crippen molar-refractivity contribution >= 4 is 58.0 Å². The zero-order valence-corrected chi connectivity index (χ0v) is 22.5. The van der Waals surface area contributed by atoms with Crippen LogP contribution in [0.25, 0.3) is 5.76 Å². The number of Topliss-reactive ketones (excluding diaryl/α,β-unsaturated/α-hetero) is 1. The number of ether oxygens (including phenoxy) is 2. The molecule has 0 saturated carbocycles. The fraction of sp³-hybridized carbons (Fsp3) is 0.179. The fourth-order valence-corrected chi connectivity index (χ4v) is 4.96. The second-order valence-electron chi connectivity index (χ2n) is 8.67. The molecular weight excluding hydrogens is 531 g/mol. The molecule has 0 radical (unpaired) electrons. The summed E-state index contributed by atoms with van der Waals surface area (Å²) in [7, 11) is 6.42. The van der Waals surface area contributed by atoms with Gasteiger partial charge in [0, 0.05) is 31.0 Å². The number of carbonyl (C=O) groups is 3. The molecular formula is C28H24Cl2N2O6. The number of benzene rings is 3. The molecule has 1 fully saturated rings. The lowest BCUT2D eigenvalue weighted by Crippen LogP contribution is -2.29. The highest BCUT2D eigenvalue weighted by molar-refractivity contribution is 6.52. The van der Waals surface area contributed by atoms with E-state index in [-0.39, 0.29) is 38.2 Å². The summed E-state index contributed by atoms with van der Waals surface area (Å²) < 4.78 is 9.99. The molecule has 0 bridgehead atoms. The predicted octanol–water partition coefficient (Wildman–Crippen LogP) is 5.48. The molecule has 8 nitrogen and oxygen atoms in total. The number of rotatable bonds is 6. The Kier molecular flexibility index (Phi) is 7.66. The molecule has 1 unspecified atom stereocenters. The van der Waals surface area contributed by atoms with Crippen molar-refractivity contribution in [3.63, 3.8) is 0 Å². The van der Waals surface area contributed by atoms with Gasteiger partial charge in [0.05, 0.1) is 41.4 Å². The molecule has 1 N–H and O–H groups in total. The average Bonchev–Trinajstić information content (AvgIpc) is 3.17. The third-order valence-electron chi connectivity index (χ3n) is 6.19. The molecule has 1 amide bonds. The number of methoxy groups -OCH3 is 2. The summed E-state index contributed by atoms with van der Waals surface area (Å²) in [5.74, 6) is -2.63. The van der Waals surface area contributed by atoms with E-state index in [2.05, 4.69) is 0 Å². The smallest absolute Gasteiger partial charge is 0.337 e. The van der Waals surface area contributed by atoms with Crippen LogP contribution in [0.5, 0.6) is 5.75 Å². The molecule has 1 aliphatic rings. The number of hydrogen-bond donors (Lipinski definition) is 1. The number of aliphatic hydroxyl groups is 1. The van der Waals surface area contributed by atoms with Gasteiger partial charge in [0.2, 0.25) is 0 Å². The van der Waals surface area contributed by atoms with Crippen LogP contribution in [0.2, 0.25) is 10.0 Å². The van der Waals surface area contributed by atoms with Crippen LogP contribution in [-0.4, -0.2) is 51.1 Å². The Morgan fingerprint density at radius 2 is 1.58 bits per heavy atom. The third kappa shape index (κ3) is 4.80. The van der Waals surface area contributed by atoms with Crippen LogP contribution in [0.15, 0.2) is 66.2 Å². The molecule has 4 rings (SSSR count). The summed E-state index contributed by atoms with van der Waals surface area (Å²) in [5.41, 5.74) is 1.91. The van der Waals surface area contributed by atoms with Crippen LogP contribution in [0.1, 0.15) is 27.5 Å². The van der Waals surface area contributed by atoms with Gasteiger partial charge < -0.3 is 19.5 Å². The maximum atomic E-state index is 13.4. The van der Waals surface area contributed by atoms with E-state index in [9.17, 15) is 19.5 Å². The quantitative estimate of drug-likeness (QED) is 0.186. The lowest BCUT2D eigenvalue weighted by atomic mass is 9.94. The maximum Gasteiger partial charge on any atom is 0.337 e. The van der Waals surface area contributed by atoms with Crippen molar-refractivity contribution in [2.75, 3.05) is 38.1 Å². The number of carbonyl (C=O) groups excluding carboxylic acids is 3. The number of hydrogen-bond acceptors (Lipinski definition) is 7. The average molecular weight is 555 g/mol. The van der Waals surface area contributed by atoms with Crippen molar-refractivity contribution in [3.05, 3.63) is 93.0 Å². The van der Waals surface area contributed by atoms with Crippen molar-refractivity contribution in [1.82, 2.24) is 0 Å². The monoisotopic (exact) mass is 554 g/mol. The van der Waals surface area contributed by atoms with Gasteiger partial charge in [-0.05, 0) is 48.0 Å². The molecule has 0 aromatic heterocycles. The van der Waals surface area contributed by atoms with Crippen molar-refractivity contribution < 1.29 is 29.0 Å². The summed E-state index contributed by atoms with van der Waals surface area (Å²) in [4.78, 5) is 42.2. The molecule has 0 spiro atoms. The van der Waals surface area contributed by atoms with Crippen LogP contribution in [0.3, 0.4) is 0 Å². The van der Waals surface area contributed by atoms with Crippen molar-refractivity contribution in [3.8, 4) is 5.75 Å². The normalized spacial score (nSPS) is 16.5. The highest BCUT2D eigenvalue weighted by Crippen LogP contribution is 2.44. The third-order valence-corrected chi connectivity index (χ3v) is 6.75. The second-order valence-corrected chi connectivity index (χ2v) is 9.48. The maximum absolute atomic E-state index is 13.4. The minimum Gasteiger partial charge on any atom is -0.507 e. The lowest BCUT2D eigenvalue weighted by molar-refractivity contribution is -0.132. The Bertz CT molecular complexity index is 1440. The number of amides is 1. The van der Waals surface area contributed by atoms with Crippen LogP contribution in [0, 0.1) is 0 Å². The highest BCUT2D eigenvalue weighted by atomic mass is 35.5. The first-order valence-electron chi connectivity index (χ1n) is 11.4. The molecule has 1 atom stereocenters. The minimum absolute atomic E-state index is 0.119. The van der Waals surface area contributed by atoms with Gasteiger partial charge in [-0.1, -0.05) is 41.4 Å². The predicted molar refractivity (Wildman–Crippen MR) is 146 cm³/mol. The van der Waals surface area contributed by atoms with Crippen LogP contribution >= 0.6 is 23.2 Å². The molecule has 196 valence electrons. The van der Waals surface area contributed by atoms with Crippen molar-refractivity contribution in [1.29, 1.82) is 0 Å². The van der Waals surface area contributed by atoms with Gasteiger partial charge in [-0.3, -0.25) is 14.5 Å². The van der Waals surface area contributed by atoms with E-state index < -0.39 is 29.5 Å². The van der Waals surface area contributed by atoms with Crippen LogP contribution in [-0.2, 0) is 14.3 Å². The van der Waals surface area contributed by atoms with Gasteiger partial charge >= 0.3 is 5.97 Å². The van der Waals surface area contributed by atoms with Gasteiger partial charge in [-0.25, -0.2) is 4.79 Å². The second kappa shape index (κ2) is 10.8. The van der Waals surface area contributed by atoms with Gasteiger partial charge in [0.25, 0.3) is 11.7 Å². The molecule has 3 aromatic rings. The highest BCUT2D eigenvalue weighted by Gasteiger charge is 2.47. The Morgan fingerprint density at radius 3 is 2.13 bits per heavy atom. The number of aliphatic hydroxyl groups excluding tert-OH is 1. The summed E-state index contributed by atoms with van der Waals surface area (Å²) >= 11 is 12.6. The topological polar surface area (TPSA) is 96.4 Å². The lowest BCUT2D eigenvalue weighted by Gasteiger charge is -2.26. The first kappa shape index (κ1) is 27.0. The molecule has 0 aliphatic carbocycles. The van der Waals surface area contributed by atoms with Gasteiger partial charge in [-0.15, -0.1) is 0 Å². The minimum atomic E-state index is -1.02. The van der Waals surface area contributed by atoms with E-state index in [1.54, 1.807) is 24.3 Å². The molecule has 38 heavy (non-hydrogen) atoms.